The van der Waals surface area contributed by atoms with E-state index >= 15 is 0 Å². The number of nitrogens with two attached hydrogens (primary N) is 1. The lowest BCUT2D eigenvalue weighted by Crippen LogP contribution is -2.56. The van der Waals surface area contributed by atoms with Gasteiger partial charge >= 0.3 is 0 Å². The van der Waals surface area contributed by atoms with Crippen molar-refractivity contribution in [3.8, 4) is 5.75 Å². The van der Waals surface area contributed by atoms with Crippen LogP contribution in [0.25, 0.3) is 0 Å². The summed E-state index contributed by atoms with van der Waals surface area (Å²) >= 11 is 6.18. The van der Waals surface area contributed by atoms with Crippen molar-refractivity contribution in [2.75, 3.05) is 13.7 Å². The molecule has 8 nitrogen and oxygen atoms in total. The van der Waals surface area contributed by atoms with Crippen LogP contribution in [0.4, 0.5) is 0 Å². The van der Waals surface area contributed by atoms with Crippen LogP contribution >= 0.6 is 11.6 Å². The number of aliphatic imine (C=N–C) groups is 1. The van der Waals surface area contributed by atoms with Crippen LogP contribution in [-0.2, 0) is 14.3 Å². The van der Waals surface area contributed by atoms with Gasteiger partial charge in [0, 0.05) is 42.7 Å². The second-order valence-electron chi connectivity index (χ2n) is 11.0. The Morgan fingerprint density at radius 2 is 2.08 bits per heavy atom. The average molecular weight is 519 g/mol. The quantitative estimate of drug-likeness (QED) is 0.509. The minimum Gasteiger partial charge on any atom is -0.487 e. The van der Waals surface area contributed by atoms with E-state index in [1.807, 2.05) is 39.8 Å². The Labute approximate surface area is 218 Å². The molecule has 4 atom stereocenters. The monoisotopic (exact) mass is 518 g/mol. The molecule has 2 heterocycles. The van der Waals surface area contributed by atoms with Gasteiger partial charge in [0.25, 0.3) is 0 Å². The van der Waals surface area contributed by atoms with Gasteiger partial charge in [0.1, 0.15) is 11.4 Å². The van der Waals surface area contributed by atoms with Gasteiger partial charge in [-0.15, -0.1) is 0 Å². The van der Waals surface area contributed by atoms with Crippen LogP contribution in [0.15, 0.2) is 23.2 Å². The number of nitrogens with one attached hydrogen (secondary N) is 1. The Balaban J connectivity index is 1.51. The van der Waals surface area contributed by atoms with E-state index in [0.29, 0.717) is 43.1 Å². The van der Waals surface area contributed by atoms with Crippen molar-refractivity contribution in [3.05, 3.63) is 28.8 Å². The van der Waals surface area contributed by atoms with Crippen LogP contribution in [0.1, 0.15) is 77.8 Å². The maximum atomic E-state index is 13.4. The van der Waals surface area contributed by atoms with E-state index in [0.717, 1.165) is 18.4 Å². The third kappa shape index (κ3) is 5.35. The highest BCUT2D eigenvalue weighted by atomic mass is 35.5. The van der Waals surface area contributed by atoms with E-state index in [2.05, 4.69) is 5.32 Å². The number of halogens is 1. The van der Waals surface area contributed by atoms with Gasteiger partial charge in [0.05, 0.1) is 18.0 Å². The SMILES string of the molecule is CCC1(CC)CC(=O)N([C@H](CCOC)[C@H]2C[C@@H]2C(=O)N[C@H]2CC(C)(C)Oc3cc(Cl)ccc32)C(N)=N1. The van der Waals surface area contributed by atoms with Gasteiger partial charge in [-0.2, -0.15) is 0 Å². The number of hydrogen-bond donors (Lipinski definition) is 2. The summed E-state index contributed by atoms with van der Waals surface area (Å²) in [5, 5.41) is 3.85. The fraction of sp³-hybridized carbons (Fsp3) is 0.667. The fourth-order valence-corrected chi connectivity index (χ4v) is 5.95. The first-order valence-corrected chi connectivity index (χ1v) is 13.4. The largest absolute Gasteiger partial charge is 0.487 e. The van der Waals surface area contributed by atoms with Gasteiger partial charge < -0.3 is 20.5 Å². The molecule has 2 aliphatic heterocycles. The minimum atomic E-state index is -0.435. The Morgan fingerprint density at radius 3 is 2.72 bits per heavy atom. The van der Waals surface area contributed by atoms with Gasteiger partial charge in [-0.1, -0.05) is 31.5 Å². The number of guanidine groups is 1. The molecule has 3 N–H and O–H groups in total. The van der Waals surface area contributed by atoms with Gasteiger partial charge in [0.2, 0.25) is 11.8 Å². The van der Waals surface area contributed by atoms with E-state index in [9.17, 15) is 9.59 Å². The number of nitrogens with zero attached hydrogens (tertiary/aromatic N) is 2. The first-order valence-electron chi connectivity index (χ1n) is 13.0. The first kappa shape index (κ1) is 26.7. The number of carbonyl (C=O) groups is 2. The molecule has 3 aliphatic rings. The van der Waals surface area contributed by atoms with Crippen molar-refractivity contribution in [3.63, 3.8) is 0 Å². The molecule has 9 heteroatoms. The molecule has 0 bridgehead atoms. The number of carbonyl (C=O) groups excluding carboxylic acids is 2. The lowest BCUT2D eigenvalue weighted by Gasteiger charge is -2.40. The zero-order valence-electron chi connectivity index (χ0n) is 22.0. The molecular weight excluding hydrogens is 480 g/mol. The van der Waals surface area contributed by atoms with Crippen molar-refractivity contribution >= 4 is 29.4 Å². The second-order valence-corrected chi connectivity index (χ2v) is 11.4. The summed E-state index contributed by atoms with van der Waals surface area (Å²) in [5.74, 6) is 0.744. The highest BCUT2D eigenvalue weighted by molar-refractivity contribution is 6.30. The predicted octanol–water partition coefficient (Wildman–Crippen LogP) is 4.21. The van der Waals surface area contributed by atoms with Gasteiger partial charge in [0.15, 0.2) is 5.96 Å². The van der Waals surface area contributed by atoms with Crippen LogP contribution < -0.4 is 15.8 Å². The Hall–Kier alpha value is -2.32. The molecule has 1 aromatic rings. The van der Waals surface area contributed by atoms with E-state index in [1.54, 1.807) is 18.1 Å². The molecule has 4 rings (SSSR count). The van der Waals surface area contributed by atoms with Crippen LogP contribution in [0.3, 0.4) is 0 Å². The molecule has 1 fully saturated rings. The molecule has 198 valence electrons. The standard InChI is InChI=1S/C27H39ClN4O4/c1-6-27(7-2)15-23(33)32(25(29)31-27)21(10-11-35-5)18-13-19(18)24(34)30-20-14-26(3,4)36-22-12-16(28)8-9-17(20)22/h8-9,12,18-21H,6-7,10-11,13-15H2,1-5H3,(H2,29,31)(H,30,34)/t18-,19-,20-,21+/m0/s1. The number of hydrogen-bond acceptors (Lipinski definition) is 6. The van der Waals surface area contributed by atoms with Crippen LogP contribution in [0, 0.1) is 11.8 Å². The third-order valence-corrected chi connectivity index (χ3v) is 8.27. The predicted molar refractivity (Wildman–Crippen MR) is 140 cm³/mol. The van der Waals surface area contributed by atoms with E-state index in [-0.39, 0.29) is 41.7 Å². The van der Waals surface area contributed by atoms with Crippen molar-refractivity contribution in [1.29, 1.82) is 0 Å². The summed E-state index contributed by atoms with van der Waals surface area (Å²) in [5.41, 5.74) is 6.45. The summed E-state index contributed by atoms with van der Waals surface area (Å²) in [4.78, 5) is 33.1. The highest BCUT2D eigenvalue weighted by Gasteiger charge is 2.53. The molecule has 2 amide bonds. The molecule has 0 spiro atoms. The van der Waals surface area contributed by atoms with E-state index in [4.69, 9.17) is 31.8 Å². The molecule has 0 radical (unpaired) electrons. The van der Waals surface area contributed by atoms with Crippen molar-refractivity contribution < 1.29 is 19.1 Å². The van der Waals surface area contributed by atoms with Crippen molar-refractivity contribution in [2.45, 2.75) is 89.4 Å². The molecular formula is C27H39ClN4O4. The summed E-state index contributed by atoms with van der Waals surface area (Å²) in [6.07, 6.45) is 3.81. The van der Waals surface area contributed by atoms with E-state index < -0.39 is 11.1 Å². The van der Waals surface area contributed by atoms with Gasteiger partial charge in [-0.3, -0.25) is 14.5 Å². The van der Waals surface area contributed by atoms with Crippen LogP contribution in [0.2, 0.25) is 5.02 Å². The Bertz CT molecular complexity index is 1040. The topological polar surface area (TPSA) is 106 Å². The molecule has 0 saturated heterocycles. The van der Waals surface area contributed by atoms with Crippen LogP contribution in [0.5, 0.6) is 5.75 Å². The molecule has 1 saturated carbocycles. The minimum absolute atomic E-state index is 0.00569. The van der Waals surface area contributed by atoms with E-state index in [1.165, 1.54) is 0 Å². The Morgan fingerprint density at radius 1 is 1.36 bits per heavy atom. The second kappa shape index (κ2) is 10.2. The van der Waals surface area contributed by atoms with Gasteiger partial charge in [-0.05, 0) is 57.6 Å². The molecule has 1 aromatic carbocycles. The zero-order chi connectivity index (χ0) is 26.3. The van der Waals surface area contributed by atoms with Crippen molar-refractivity contribution in [2.24, 2.45) is 22.6 Å². The summed E-state index contributed by atoms with van der Waals surface area (Å²) in [6, 6.07) is 5.14. The maximum absolute atomic E-state index is 13.4. The lowest BCUT2D eigenvalue weighted by molar-refractivity contribution is -0.133. The first-order chi connectivity index (χ1) is 17.0. The van der Waals surface area contributed by atoms with Gasteiger partial charge in [-0.25, -0.2) is 4.99 Å². The molecule has 0 unspecified atom stereocenters. The average Bonchev–Trinajstić information content (AvgIpc) is 3.60. The molecule has 1 aliphatic carbocycles. The number of fused-ring (bicyclic) bond motifs is 1. The lowest BCUT2D eigenvalue weighted by atomic mass is 9.87. The van der Waals surface area contributed by atoms with Crippen LogP contribution in [-0.4, -0.2) is 53.6 Å². The number of methoxy groups -OCH3 is 1. The summed E-state index contributed by atoms with van der Waals surface area (Å²) < 4.78 is 11.4. The highest BCUT2D eigenvalue weighted by Crippen LogP contribution is 2.47. The zero-order valence-corrected chi connectivity index (χ0v) is 22.7. The number of benzene rings is 1. The fourth-order valence-electron chi connectivity index (χ4n) is 5.79. The summed E-state index contributed by atoms with van der Waals surface area (Å²) in [7, 11) is 1.64. The maximum Gasteiger partial charge on any atom is 0.231 e. The molecule has 0 aromatic heterocycles. The summed E-state index contributed by atoms with van der Waals surface area (Å²) in [6.45, 7) is 8.57. The number of ether oxygens (including phenoxy) is 2. The number of amides is 2. The smallest absolute Gasteiger partial charge is 0.231 e. The Kier molecular flexibility index (Phi) is 7.58. The third-order valence-electron chi connectivity index (χ3n) is 8.03. The van der Waals surface area contributed by atoms with Crippen molar-refractivity contribution in [1.82, 2.24) is 10.2 Å². The molecule has 36 heavy (non-hydrogen) atoms. The normalized spacial score (nSPS) is 26.9. The number of rotatable bonds is 9.